The highest BCUT2D eigenvalue weighted by Gasteiger charge is 2.74. The van der Waals surface area contributed by atoms with Crippen LogP contribution in [0.4, 0.5) is 5.69 Å². The Labute approximate surface area is 206 Å². The van der Waals surface area contributed by atoms with Crippen molar-refractivity contribution in [1.29, 1.82) is 0 Å². The summed E-state index contributed by atoms with van der Waals surface area (Å²) in [4.78, 5) is 43.5. The summed E-state index contributed by atoms with van der Waals surface area (Å²) >= 11 is 0. The Balaban J connectivity index is 1.73. The number of carbonyl (C=O) groups is 3. The predicted molar refractivity (Wildman–Crippen MR) is 131 cm³/mol. The Morgan fingerprint density at radius 2 is 1.91 bits per heavy atom. The number of nitrogens with zero attached hydrogens (tertiary/aromatic N) is 2. The molecule has 5 atom stereocenters. The van der Waals surface area contributed by atoms with Gasteiger partial charge in [-0.15, -0.1) is 6.58 Å². The smallest absolute Gasteiger partial charge is 0.310 e. The first kappa shape index (κ1) is 25.4. The van der Waals surface area contributed by atoms with Crippen LogP contribution in [0.3, 0.4) is 0 Å². The summed E-state index contributed by atoms with van der Waals surface area (Å²) in [5.74, 6) is -3.36. The molecular formula is C27H36N2O6. The topological polar surface area (TPSA) is 107 Å². The highest BCUT2D eigenvalue weighted by Crippen LogP contribution is 2.58. The molecule has 1 aromatic rings. The van der Waals surface area contributed by atoms with Crippen LogP contribution in [0.1, 0.15) is 49.7 Å². The largest absolute Gasteiger partial charge is 0.481 e. The Kier molecular flexibility index (Phi) is 7.33. The van der Waals surface area contributed by atoms with Crippen LogP contribution >= 0.6 is 0 Å². The van der Waals surface area contributed by atoms with Crippen molar-refractivity contribution in [1.82, 2.24) is 4.90 Å². The molecule has 2 unspecified atom stereocenters. The maximum atomic E-state index is 14.4. The van der Waals surface area contributed by atoms with E-state index in [0.29, 0.717) is 32.2 Å². The van der Waals surface area contributed by atoms with Crippen LogP contribution in [-0.2, 0) is 19.1 Å². The van der Waals surface area contributed by atoms with Crippen LogP contribution in [0.25, 0.3) is 0 Å². The summed E-state index contributed by atoms with van der Waals surface area (Å²) in [6.45, 7) is 8.49. The number of hydrogen-bond donors (Lipinski definition) is 2. The van der Waals surface area contributed by atoms with Gasteiger partial charge in [0.2, 0.25) is 5.91 Å². The van der Waals surface area contributed by atoms with Gasteiger partial charge >= 0.3 is 5.97 Å². The van der Waals surface area contributed by atoms with E-state index in [1.807, 2.05) is 32.0 Å². The lowest BCUT2D eigenvalue weighted by atomic mass is 9.70. The van der Waals surface area contributed by atoms with Crippen molar-refractivity contribution < 1.29 is 29.3 Å². The molecule has 1 aromatic carbocycles. The molecule has 8 nitrogen and oxygen atoms in total. The molecular weight excluding hydrogens is 448 g/mol. The Hall–Kier alpha value is -2.71. The normalized spacial score (nSPS) is 28.9. The number of likely N-dealkylation sites (tertiary alicyclic amines) is 1. The van der Waals surface area contributed by atoms with Gasteiger partial charge in [0.25, 0.3) is 5.91 Å². The van der Waals surface area contributed by atoms with Gasteiger partial charge in [0.15, 0.2) is 0 Å². The van der Waals surface area contributed by atoms with Crippen LogP contribution in [0.2, 0.25) is 0 Å². The first-order chi connectivity index (χ1) is 16.8. The molecule has 0 aromatic heterocycles. The molecule has 190 valence electrons. The second kappa shape index (κ2) is 10.1. The summed E-state index contributed by atoms with van der Waals surface area (Å²) in [6, 6.07) is 4.95. The molecule has 3 saturated heterocycles. The van der Waals surface area contributed by atoms with Crippen LogP contribution in [0.5, 0.6) is 0 Å². The average Bonchev–Trinajstić information content (AvgIpc) is 3.45. The molecule has 0 saturated carbocycles. The predicted octanol–water partition coefficient (Wildman–Crippen LogP) is 2.83. The monoisotopic (exact) mass is 484 g/mol. The number of anilines is 1. The van der Waals surface area contributed by atoms with Crippen molar-refractivity contribution in [3.8, 4) is 0 Å². The van der Waals surface area contributed by atoms with Gasteiger partial charge < -0.3 is 24.7 Å². The molecule has 2 bridgehead atoms. The van der Waals surface area contributed by atoms with Gasteiger partial charge in [-0.1, -0.05) is 37.1 Å². The van der Waals surface area contributed by atoms with Crippen molar-refractivity contribution in [2.45, 2.75) is 70.1 Å². The number of hydrogen-bond acceptors (Lipinski definition) is 5. The number of rotatable bonds is 11. The van der Waals surface area contributed by atoms with Gasteiger partial charge in [-0.25, -0.2) is 0 Å². The molecule has 2 amide bonds. The number of ether oxygens (including phenoxy) is 1. The van der Waals surface area contributed by atoms with Crippen LogP contribution in [0.15, 0.2) is 30.9 Å². The zero-order valence-corrected chi connectivity index (χ0v) is 20.6. The summed E-state index contributed by atoms with van der Waals surface area (Å²) in [7, 11) is 0. The van der Waals surface area contributed by atoms with E-state index < -0.39 is 35.6 Å². The number of aliphatic hydroxyl groups excluding tert-OH is 1. The van der Waals surface area contributed by atoms with Crippen molar-refractivity contribution in [2.24, 2.45) is 11.8 Å². The van der Waals surface area contributed by atoms with E-state index in [-0.39, 0.29) is 25.0 Å². The third kappa shape index (κ3) is 4.16. The van der Waals surface area contributed by atoms with E-state index in [9.17, 15) is 19.5 Å². The number of para-hydroxylation sites is 1. The van der Waals surface area contributed by atoms with Crippen LogP contribution < -0.4 is 4.90 Å². The fraction of sp³-hybridized carbons (Fsp3) is 0.593. The summed E-state index contributed by atoms with van der Waals surface area (Å²) in [5, 5.41) is 19.0. The molecule has 4 rings (SSSR count). The van der Waals surface area contributed by atoms with E-state index >= 15 is 0 Å². The van der Waals surface area contributed by atoms with E-state index in [4.69, 9.17) is 9.84 Å². The number of carboxylic acids is 1. The van der Waals surface area contributed by atoms with Crippen molar-refractivity contribution in [2.75, 3.05) is 24.6 Å². The highest BCUT2D eigenvalue weighted by atomic mass is 16.5. The lowest BCUT2D eigenvalue weighted by Crippen LogP contribution is -2.56. The van der Waals surface area contributed by atoms with Crippen LogP contribution in [-0.4, -0.2) is 70.3 Å². The number of aliphatic hydroxyl groups is 1. The first-order valence-corrected chi connectivity index (χ1v) is 12.6. The number of carboxylic acid groups (broad SMARTS) is 1. The maximum absolute atomic E-state index is 14.4. The number of benzene rings is 1. The standard InChI is InChI=1S/C27H36N2O6/c1-4-14-28(22-17(2)10-9-11-18(22)3)25(32)23-27-13-12-19(35-27)20(26(33)34)21(27)24(31)29(23)15-7-5-6-8-16-30/h4,9-11,19-21,23,30H,1,5-8,12-16H2,2-3H3,(H,33,34)/t19-,20+,21+,23?,27?/m1/s1. The van der Waals surface area contributed by atoms with Crippen molar-refractivity contribution in [3.63, 3.8) is 0 Å². The molecule has 3 aliphatic heterocycles. The Bertz CT molecular complexity index is 989. The van der Waals surface area contributed by atoms with Crippen LogP contribution in [0, 0.1) is 25.7 Å². The number of aryl methyl sites for hydroxylation is 2. The van der Waals surface area contributed by atoms with Gasteiger partial charge in [-0.05, 0) is 50.7 Å². The van der Waals surface area contributed by atoms with Crippen molar-refractivity contribution in [3.05, 3.63) is 42.0 Å². The second-order valence-electron chi connectivity index (χ2n) is 10.0. The molecule has 2 N–H and O–H groups in total. The highest BCUT2D eigenvalue weighted by molar-refractivity contribution is 6.05. The summed E-state index contributed by atoms with van der Waals surface area (Å²) in [5.41, 5.74) is 1.54. The molecule has 0 radical (unpaired) electrons. The fourth-order valence-corrected chi connectivity index (χ4v) is 6.50. The third-order valence-corrected chi connectivity index (χ3v) is 7.91. The third-order valence-electron chi connectivity index (χ3n) is 7.91. The number of unbranched alkanes of at least 4 members (excludes halogenated alkanes) is 3. The molecule has 1 spiro atoms. The number of carbonyl (C=O) groups excluding carboxylic acids is 2. The lowest BCUT2D eigenvalue weighted by molar-refractivity contribution is -0.149. The fourth-order valence-electron chi connectivity index (χ4n) is 6.50. The van der Waals surface area contributed by atoms with E-state index in [1.165, 1.54) is 0 Å². The quantitative estimate of drug-likeness (QED) is 0.369. The molecule has 35 heavy (non-hydrogen) atoms. The Morgan fingerprint density at radius 3 is 2.54 bits per heavy atom. The van der Waals surface area contributed by atoms with E-state index in [2.05, 4.69) is 6.58 Å². The minimum absolute atomic E-state index is 0.122. The molecule has 3 heterocycles. The van der Waals surface area contributed by atoms with Gasteiger partial charge in [0.1, 0.15) is 11.6 Å². The SMILES string of the molecule is C=CCN(C(=O)C1N(CCCCCCO)C(=O)[C@@H]2[C@@H](C(=O)O)[C@H]3CCC12O3)c1c(C)cccc1C. The molecule has 3 aliphatic rings. The molecule has 8 heteroatoms. The number of fused-ring (bicyclic) bond motifs is 1. The van der Waals surface area contributed by atoms with Gasteiger partial charge in [0.05, 0.1) is 17.9 Å². The molecule has 0 aliphatic carbocycles. The van der Waals surface area contributed by atoms with Gasteiger partial charge in [-0.3, -0.25) is 14.4 Å². The average molecular weight is 485 g/mol. The maximum Gasteiger partial charge on any atom is 0.310 e. The van der Waals surface area contributed by atoms with Gasteiger partial charge in [0, 0.05) is 25.4 Å². The lowest BCUT2D eigenvalue weighted by Gasteiger charge is -2.37. The zero-order valence-electron chi connectivity index (χ0n) is 20.6. The zero-order chi connectivity index (χ0) is 25.3. The van der Waals surface area contributed by atoms with E-state index in [0.717, 1.165) is 29.7 Å². The Morgan fingerprint density at radius 1 is 1.23 bits per heavy atom. The van der Waals surface area contributed by atoms with Crippen molar-refractivity contribution >= 4 is 23.5 Å². The summed E-state index contributed by atoms with van der Waals surface area (Å²) < 4.78 is 6.31. The van der Waals surface area contributed by atoms with E-state index in [1.54, 1.807) is 15.9 Å². The second-order valence-corrected chi connectivity index (χ2v) is 10.0. The minimum Gasteiger partial charge on any atom is -0.481 e. The minimum atomic E-state index is -1.12. The number of amides is 2. The number of aliphatic carboxylic acids is 1. The first-order valence-electron chi connectivity index (χ1n) is 12.6. The summed E-state index contributed by atoms with van der Waals surface area (Å²) in [6.07, 6.45) is 5.14. The molecule has 3 fully saturated rings. The van der Waals surface area contributed by atoms with Gasteiger partial charge in [-0.2, -0.15) is 0 Å².